The number of hydrogen-bond donors (Lipinski definition) is 1. The molecule has 1 N–H and O–H groups in total. The largest absolute Gasteiger partial charge is 1.00 e. The van der Waals surface area contributed by atoms with Crippen molar-refractivity contribution < 1.29 is 30.5 Å². The van der Waals surface area contributed by atoms with Gasteiger partial charge in [-0.2, -0.15) is 13.2 Å². The van der Waals surface area contributed by atoms with Crippen LogP contribution in [0, 0.1) is 17.8 Å². The minimum Gasteiger partial charge on any atom is -1.00 e. The first-order valence-corrected chi connectivity index (χ1v) is 7.43. The number of nitrogens with one attached hydrogen (secondary N) is 1. The van der Waals surface area contributed by atoms with Gasteiger partial charge in [0, 0.05) is 11.5 Å². The summed E-state index contributed by atoms with van der Waals surface area (Å²) in [7, 11) is 0. The molecule has 1 nitrogen and oxygen atoms in total. The Morgan fingerprint density at radius 2 is 2.09 bits per heavy atom. The molecule has 1 saturated heterocycles. The Bertz CT molecular complexity index is 561. The third-order valence-corrected chi connectivity index (χ3v) is 4.04. The maximum atomic E-state index is 12.7. The Kier molecular flexibility index (Phi) is 7.05. The van der Waals surface area contributed by atoms with Gasteiger partial charge in [0.05, 0.1) is 23.7 Å². The van der Waals surface area contributed by atoms with Gasteiger partial charge in [0.2, 0.25) is 0 Å². The highest BCUT2D eigenvalue weighted by molar-refractivity contribution is 6.31. The highest BCUT2D eigenvalue weighted by Crippen LogP contribution is 2.34. The zero-order chi connectivity index (χ0) is 15.5. The summed E-state index contributed by atoms with van der Waals surface area (Å²) in [6.45, 7) is 5.08. The maximum Gasteiger partial charge on any atom is 0.417 e. The SMILES string of the molecule is CC1CCC[NH+](CC#Cc2ccc(Cl)c(C(F)(F)F)c2)C1.[Cl-]. The molecule has 0 saturated carbocycles. The number of quaternary nitrogens is 1. The van der Waals surface area contributed by atoms with E-state index in [1.54, 1.807) is 0 Å². The molecule has 1 fully saturated rings. The molecule has 6 heteroatoms. The lowest BCUT2D eigenvalue weighted by atomic mass is 10.0. The fourth-order valence-corrected chi connectivity index (χ4v) is 2.87. The maximum absolute atomic E-state index is 12.7. The smallest absolute Gasteiger partial charge is 0.417 e. The predicted octanol–water partition coefficient (Wildman–Crippen LogP) is 0.0291. The zero-order valence-electron chi connectivity index (χ0n) is 12.2. The number of piperidine rings is 1. The molecule has 2 unspecified atom stereocenters. The second-order valence-electron chi connectivity index (χ2n) is 5.62. The van der Waals surface area contributed by atoms with Crippen LogP contribution in [-0.2, 0) is 6.18 Å². The van der Waals surface area contributed by atoms with E-state index in [4.69, 9.17) is 11.6 Å². The van der Waals surface area contributed by atoms with Gasteiger partial charge in [-0.25, -0.2) is 0 Å². The Morgan fingerprint density at radius 1 is 1.36 bits per heavy atom. The Hall–Kier alpha value is -0.890. The molecule has 0 aliphatic carbocycles. The minimum atomic E-state index is -4.44. The molecule has 0 aromatic heterocycles. The van der Waals surface area contributed by atoms with E-state index in [2.05, 4.69) is 18.8 Å². The molecule has 1 aromatic carbocycles. The van der Waals surface area contributed by atoms with Crippen LogP contribution in [0.3, 0.4) is 0 Å². The summed E-state index contributed by atoms with van der Waals surface area (Å²) in [5.74, 6) is 6.51. The second kappa shape index (κ2) is 8.10. The molecule has 2 rings (SSSR count). The van der Waals surface area contributed by atoms with Gasteiger partial charge in [0.1, 0.15) is 6.54 Å². The number of hydrogen-bond acceptors (Lipinski definition) is 0. The monoisotopic (exact) mass is 351 g/mol. The summed E-state index contributed by atoms with van der Waals surface area (Å²) in [5.41, 5.74) is -0.467. The van der Waals surface area contributed by atoms with Gasteiger partial charge in [0.15, 0.2) is 0 Å². The van der Waals surface area contributed by atoms with Crippen molar-refractivity contribution in [1.29, 1.82) is 0 Å². The Morgan fingerprint density at radius 3 is 2.73 bits per heavy atom. The van der Waals surface area contributed by atoms with Crippen molar-refractivity contribution in [2.24, 2.45) is 5.92 Å². The molecule has 1 aliphatic heterocycles. The van der Waals surface area contributed by atoms with Crippen LogP contribution >= 0.6 is 11.6 Å². The van der Waals surface area contributed by atoms with Gasteiger partial charge in [-0.15, -0.1) is 0 Å². The van der Waals surface area contributed by atoms with E-state index in [1.807, 2.05) is 0 Å². The van der Waals surface area contributed by atoms with E-state index in [9.17, 15) is 13.2 Å². The van der Waals surface area contributed by atoms with Gasteiger partial charge in [-0.1, -0.05) is 24.4 Å². The van der Waals surface area contributed by atoms with Crippen LogP contribution in [0.15, 0.2) is 18.2 Å². The van der Waals surface area contributed by atoms with Crippen molar-refractivity contribution in [3.63, 3.8) is 0 Å². The fraction of sp³-hybridized carbons (Fsp3) is 0.500. The molecular weight excluding hydrogens is 334 g/mol. The van der Waals surface area contributed by atoms with Gasteiger partial charge < -0.3 is 17.3 Å². The van der Waals surface area contributed by atoms with Crippen LogP contribution in [0.4, 0.5) is 13.2 Å². The van der Waals surface area contributed by atoms with Crippen LogP contribution < -0.4 is 17.3 Å². The number of alkyl halides is 3. The Labute approximate surface area is 140 Å². The van der Waals surface area contributed by atoms with E-state index >= 15 is 0 Å². The highest BCUT2D eigenvalue weighted by Gasteiger charge is 2.33. The number of likely N-dealkylation sites (tertiary alicyclic amines) is 1. The lowest BCUT2D eigenvalue weighted by Gasteiger charge is -2.26. The highest BCUT2D eigenvalue weighted by atomic mass is 35.5. The topological polar surface area (TPSA) is 4.44 Å². The van der Waals surface area contributed by atoms with Crippen molar-refractivity contribution in [3.05, 3.63) is 34.3 Å². The molecule has 0 spiro atoms. The lowest BCUT2D eigenvalue weighted by molar-refractivity contribution is -0.901. The fourth-order valence-electron chi connectivity index (χ4n) is 2.65. The summed E-state index contributed by atoms with van der Waals surface area (Å²) in [4.78, 5) is 1.41. The first-order valence-electron chi connectivity index (χ1n) is 7.05. The number of halogens is 5. The van der Waals surface area contributed by atoms with Gasteiger partial charge in [0.25, 0.3) is 0 Å². The van der Waals surface area contributed by atoms with Crippen molar-refractivity contribution in [1.82, 2.24) is 0 Å². The van der Waals surface area contributed by atoms with Crippen LogP contribution in [-0.4, -0.2) is 19.6 Å². The van der Waals surface area contributed by atoms with Crippen molar-refractivity contribution in [3.8, 4) is 11.8 Å². The molecule has 2 atom stereocenters. The van der Waals surface area contributed by atoms with E-state index in [0.717, 1.165) is 19.2 Å². The Balaban J connectivity index is 0.00000242. The van der Waals surface area contributed by atoms with E-state index in [0.29, 0.717) is 18.0 Å². The molecule has 22 heavy (non-hydrogen) atoms. The van der Waals surface area contributed by atoms with Gasteiger partial charge >= 0.3 is 6.18 Å². The molecule has 0 radical (unpaired) electrons. The van der Waals surface area contributed by atoms with Gasteiger partial charge in [-0.3, -0.25) is 0 Å². The van der Waals surface area contributed by atoms with Crippen LogP contribution in [0.5, 0.6) is 0 Å². The van der Waals surface area contributed by atoms with Crippen LogP contribution in [0.1, 0.15) is 30.9 Å². The molecule has 122 valence electrons. The minimum absolute atomic E-state index is 0. The molecule has 0 amide bonds. The van der Waals surface area contributed by atoms with E-state index < -0.39 is 11.7 Å². The van der Waals surface area contributed by atoms with Gasteiger partial charge in [-0.05, 0) is 37.0 Å². The summed E-state index contributed by atoms with van der Waals surface area (Å²) in [6.07, 6.45) is -2.00. The lowest BCUT2D eigenvalue weighted by Crippen LogP contribution is -3.13. The average Bonchev–Trinajstić information content (AvgIpc) is 2.39. The third-order valence-electron chi connectivity index (χ3n) is 3.71. The van der Waals surface area contributed by atoms with Crippen molar-refractivity contribution in [2.45, 2.75) is 25.9 Å². The summed E-state index contributed by atoms with van der Waals surface area (Å²) in [5, 5.41) is -0.288. The summed E-state index contributed by atoms with van der Waals surface area (Å²) < 4.78 is 38.2. The zero-order valence-corrected chi connectivity index (χ0v) is 13.7. The molecule has 1 heterocycles. The number of rotatable bonds is 1. The van der Waals surface area contributed by atoms with E-state index in [-0.39, 0.29) is 17.4 Å². The second-order valence-corrected chi connectivity index (χ2v) is 6.03. The third kappa shape index (κ3) is 5.39. The van der Waals surface area contributed by atoms with E-state index in [1.165, 1.54) is 29.9 Å². The number of benzene rings is 1. The molecular formula is C16H18Cl2F3N. The van der Waals surface area contributed by atoms with Crippen LogP contribution in [0.25, 0.3) is 0 Å². The average molecular weight is 352 g/mol. The normalized spacial score (nSPS) is 21.5. The van der Waals surface area contributed by atoms with Crippen LogP contribution in [0.2, 0.25) is 5.02 Å². The predicted molar refractivity (Wildman–Crippen MR) is 77.3 cm³/mol. The standard InChI is InChI=1S/C16H17ClF3N.ClH/c1-12-4-2-8-21(11-12)9-3-5-13-6-7-15(17)14(10-13)16(18,19)20;/h6-7,10,12H,2,4,8-9,11H2,1H3;1H. The molecule has 0 bridgehead atoms. The first-order chi connectivity index (χ1) is 9.86. The molecule has 1 aromatic rings. The van der Waals surface area contributed by atoms with Crippen molar-refractivity contribution in [2.75, 3.05) is 19.6 Å². The molecule has 1 aliphatic rings. The quantitative estimate of drug-likeness (QED) is 0.681. The summed E-state index contributed by atoms with van der Waals surface area (Å²) in [6, 6.07) is 3.80. The first kappa shape index (κ1) is 19.2. The summed E-state index contributed by atoms with van der Waals surface area (Å²) >= 11 is 5.58. The van der Waals surface area contributed by atoms with Crippen molar-refractivity contribution >= 4 is 11.6 Å².